The highest BCUT2D eigenvalue weighted by Gasteiger charge is 2.37. The molecule has 0 spiro atoms. The molecule has 2 aromatic heterocycles. The predicted molar refractivity (Wildman–Crippen MR) is 168 cm³/mol. The molecule has 3 aromatic carbocycles. The van der Waals surface area contributed by atoms with Crippen molar-refractivity contribution in [2.75, 3.05) is 12.4 Å². The lowest BCUT2D eigenvalue weighted by Gasteiger charge is -2.36. The Labute approximate surface area is 253 Å². The number of allylic oxidation sites excluding steroid dienone is 2. The maximum absolute atomic E-state index is 14.3. The van der Waals surface area contributed by atoms with Gasteiger partial charge < -0.3 is 15.0 Å². The number of amides is 2. The van der Waals surface area contributed by atoms with Crippen LogP contribution >= 0.6 is 11.3 Å². The SMILES string of the molecule is COc1ccc(NC(=O)[C@H]([C@@H]2CC=CCC2)N(Cc2nc(-c3ccccc3)cs2)C(=O)Cn2nnc3ccccc32)cc1. The number of nitrogens with zero attached hydrogens (tertiary/aromatic N) is 5. The van der Waals surface area contributed by atoms with Gasteiger partial charge >= 0.3 is 0 Å². The van der Waals surface area contributed by atoms with Gasteiger partial charge in [0.25, 0.3) is 0 Å². The molecule has 0 saturated heterocycles. The lowest BCUT2D eigenvalue weighted by atomic mass is 9.86. The van der Waals surface area contributed by atoms with Crippen molar-refractivity contribution >= 4 is 39.9 Å². The zero-order chi connectivity index (χ0) is 29.6. The molecule has 2 heterocycles. The molecule has 6 rings (SSSR count). The molecule has 43 heavy (non-hydrogen) atoms. The van der Waals surface area contributed by atoms with Crippen LogP contribution in [0.25, 0.3) is 22.3 Å². The number of carbonyl (C=O) groups is 2. The van der Waals surface area contributed by atoms with Gasteiger partial charge in [-0.05, 0) is 61.6 Å². The average Bonchev–Trinajstić information content (AvgIpc) is 3.69. The number of fused-ring (bicyclic) bond motifs is 1. The molecular formula is C33H32N6O3S. The fourth-order valence-corrected chi connectivity index (χ4v) is 6.27. The van der Waals surface area contributed by atoms with Crippen molar-refractivity contribution in [3.8, 4) is 17.0 Å². The maximum Gasteiger partial charge on any atom is 0.247 e. The fraction of sp³-hybridized carbons (Fsp3) is 0.242. The fourth-order valence-electron chi connectivity index (χ4n) is 5.47. The highest BCUT2D eigenvalue weighted by molar-refractivity contribution is 7.09. The highest BCUT2D eigenvalue weighted by Crippen LogP contribution is 2.30. The van der Waals surface area contributed by atoms with Gasteiger partial charge in [0.2, 0.25) is 11.8 Å². The number of methoxy groups -OCH3 is 1. The molecule has 1 aliphatic carbocycles. The normalized spacial score (nSPS) is 15.2. The average molecular weight is 593 g/mol. The van der Waals surface area contributed by atoms with Crippen LogP contribution in [0.5, 0.6) is 5.75 Å². The third-order valence-electron chi connectivity index (χ3n) is 7.67. The number of aromatic nitrogens is 4. The van der Waals surface area contributed by atoms with Crippen LogP contribution in [0, 0.1) is 5.92 Å². The van der Waals surface area contributed by atoms with E-state index in [0.29, 0.717) is 23.4 Å². The van der Waals surface area contributed by atoms with Crippen LogP contribution in [0.1, 0.15) is 24.3 Å². The first-order valence-electron chi connectivity index (χ1n) is 14.3. The van der Waals surface area contributed by atoms with Crippen molar-refractivity contribution in [2.45, 2.75) is 38.4 Å². The molecule has 0 radical (unpaired) electrons. The van der Waals surface area contributed by atoms with Crippen LogP contribution < -0.4 is 10.1 Å². The first-order valence-corrected chi connectivity index (χ1v) is 15.1. The van der Waals surface area contributed by atoms with Crippen molar-refractivity contribution in [1.29, 1.82) is 0 Å². The molecule has 9 nitrogen and oxygen atoms in total. The van der Waals surface area contributed by atoms with Crippen molar-refractivity contribution in [2.24, 2.45) is 5.92 Å². The van der Waals surface area contributed by atoms with Gasteiger partial charge in [0, 0.05) is 16.6 Å². The van der Waals surface area contributed by atoms with E-state index in [4.69, 9.17) is 9.72 Å². The van der Waals surface area contributed by atoms with Crippen LogP contribution in [0.3, 0.4) is 0 Å². The first kappa shape index (κ1) is 28.3. The van der Waals surface area contributed by atoms with E-state index in [1.807, 2.05) is 60.0 Å². The van der Waals surface area contributed by atoms with E-state index in [2.05, 4.69) is 27.8 Å². The van der Waals surface area contributed by atoms with Gasteiger partial charge in [-0.25, -0.2) is 9.67 Å². The molecule has 5 aromatic rings. The smallest absolute Gasteiger partial charge is 0.247 e. The number of ether oxygens (including phenoxy) is 1. The topological polar surface area (TPSA) is 102 Å². The number of rotatable bonds is 10. The van der Waals surface area contributed by atoms with Gasteiger partial charge in [-0.3, -0.25) is 9.59 Å². The first-order chi connectivity index (χ1) is 21.1. The molecule has 1 aliphatic rings. The molecule has 1 N–H and O–H groups in total. The van der Waals surface area contributed by atoms with Crippen LogP contribution in [0.2, 0.25) is 0 Å². The molecule has 0 aliphatic heterocycles. The van der Waals surface area contributed by atoms with Crippen LogP contribution in [0.15, 0.2) is 96.4 Å². The largest absolute Gasteiger partial charge is 0.497 e. The number of benzene rings is 3. The number of nitrogens with one attached hydrogen (secondary N) is 1. The number of para-hydroxylation sites is 1. The van der Waals surface area contributed by atoms with E-state index >= 15 is 0 Å². The lowest BCUT2D eigenvalue weighted by Crippen LogP contribution is -2.52. The number of hydrogen-bond acceptors (Lipinski definition) is 7. The third kappa shape index (κ3) is 6.49. The number of anilines is 1. The van der Waals surface area contributed by atoms with Crippen molar-refractivity contribution in [3.05, 3.63) is 101 Å². The summed E-state index contributed by atoms with van der Waals surface area (Å²) in [6.45, 7) is 0.149. The van der Waals surface area contributed by atoms with E-state index in [9.17, 15) is 9.59 Å². The Morgan fingerprint density at radius 3 is 2.60 bits per heavy atom. The summed E-state index contributed by atoms with van der Waals surface area (Å²) in [4.78, 5) is 34.9. The van der Waals surface area contributed by atoms with Crippen LogP contribution in [-0.4, -0.2) is 49.8 Å². The molecular weight excluding hydrogens is 560 g/mol. The van der Waals surface area contributed by atoms with E-state index in [1.54, 1.807) is 41.0 Å². The van der Waals surface area contributed by atoms with Crippen LogP contribution in [-0.2, 0) is 22.7 Å². The quantitative estimate of drug-likeness (QED) is 0.201. The van der Waals surface area contributed by atoms with Crippen LogP contribution in [0.4, 0.5) is 5.69 Å². The Hall–Kier alpha value is -4.83. The predicted octanol–water partition coefficient (Wildman–Crippen LogP) is 5.96. The van der Waals surface area contributed by atoms with Gasteiger partial charge in [0.05, 0.1) is 24.9 Å². The Morgan fingerprint density at radius 1 is 1.05 bits per heavy atom. The Bertz CT molecular complexity index is 1730. The summed E-state index contributed by atoms with van der Waals surface area (Å²) in [5, 5.41) is 14.3. The van der Waals surface area contributed by atoms with Gasteiger partial charge in [-0.2, -0.15) is 0 Å². The van der Waals surface area contributed by atoms with E-state index in [-0.39, 0.29) is 30.8 Å². The van der Waals surface area contributed by atoms with Gasteiger partial charge in [-0.1, -0.05) is 59.8 Å². The van der Waals surface area contributed by atoms with Crippen molar-refractivity contribution < 1.29 is 14.3 Å². The van der Waals surface area contributed by atoms with E-state index in [0.717, 1.165) is 34.6 Å². The standard InChI is InChI=1S/C33H32N6O3S/c1-42-26-18-16-25(17-19-26)34-33(41)32(24-12-6-3-7-13-24)38(20-30-35-28(22-43-30)23-10-4-2-5-11-23)31(40)21-39-29-15-9-8-14-27(29)36-37-39/h2-6,8-11,14-19,22,24,32H,7,12-13,20-21H2,1H3,(H,34,41)/t24-,32+/m1/s1. The maximum atomic E-state index is 14.3. The molecule has 2 amide bonds. The number of thiazole rings is 1. The summed E-state index contributed by atoms with van der Waals surface area (Å²) < 4.78 is 6.87. The molecule has 10 heteroatoms. The monoisotopic (exact) mass is 592 g/mol. The molecule has 0 fully saturated rings. The third-order valence-corrected chi connectivity index (χ3v) is 8.50. The minimum absolute atomic E-state index is 0.0493. The second-order valence-corrected chi connectivity index (χ2v) is 11.4. The lowest BCUT2D eigenvalue weighted by molar-refractivity contribution is -0.142. The second kappa shape index (κ2) is 13.0. The number of hydrogen-bond donors (Lipinski definition) is 1. The Balaban J connectivity index is 1.35. The number of carbonyl (C=O) groups excluding carboxylic acids is 2. The molecule has 0 unspecified atom stereocenters. The summed E-state index contributed by atoms with van der Waals surface area (Å²) in [7, 11) is 1.60. The summed E-state index contributed by atoms with van der Waals surface area (Å²) in [5.74, 6) is 0.175. The minimum atomic E-state index is -0.724. The summed E-state index contributed by atoms with van der Waals surface area (Å²) in [5.41, 5.74) is 3.95. The summed E-state index contributed by atoms with van der Waals surface area (Å²) in [6.07, 6.45) is 6.58. The summed E-state index contributed by atoms with van der Waals surface area (Å²) >= 11 is 1.49. The molecule has 2 atom stereocenters. The summed E-state index contributed by atoms with van der Waals surface area (Å²) in [6, 6.07) is 23.9. The zero-order valence-corrected chi connectivity index (χ0v) is 24.6. The zero-order valence-electron chi connectivity index (χ0n) is 23.8. The van der Waals surface area contributed by atoms with Gasteiger partial charge in [0.1, 0.15) is 28.9 Å². The van der Waals surface area contributed by atoms with Gasteiger partial charge in [0.15, 0.2) is 0 Å². The molecule has 218 valence electrons. The molecule has 0 saturated carbocycles. The Kier molecular flexibility index (Phi) is 8.55. The highest BCUT2D eigenvalue weighted by atomic mass is 32.1. The van der Waals surface area contributed by atoms with E-state index in [1.165, 1.54) is 11.3 Å². The van der Waals surface area contributed by atoms with Crippen molar-refractivity contribution in [1.82, 2.24) is 24.9 Å². The Morgan fingerprint density at radius 2 is 1.84 bits per heavy atom. The van der Waals surface area contributed by atoms with E-state index < -0.39 is 6.04 Å². The minimum Gasteiger partial charge on any atom is -0.497 e. The second-order valence-electron chi connectivity index (χ2n) is 10.5. The van der Waals surface area contributed by atoms with Gasteiger partial charge in [-0.15, -0.1) is 16.4 Å². The van der Waals surface area contributed by atoms with Crippen molar-refractivity contribution in [3.63, 3.8) is 0 Å². The molecule has 0 bridgehead atoms.